The van der Waals surface area contributed by atoms with E-state index in [9.17, 15) is 4.79 Å². The molecule has 1 atom stereocenters. The summed E-state index contributed by atoms with van der Waals surface area (Å²) in [5.74, 6) is -0.913. The third-order valence-electron chi connectivity index (χ3n) is 2.41. The molecule has 0 radical (unpaired) electrons. The standard InChI is InChI=1S/C12H12O3/c1-8(6-9-7-15-9)10-4-2-3-5-11(10)12(13)14/h2-5,9H,1,6-7H2,(H,13,14). The van der Waals surface area contributed by atoms with E-state index in [1.54, 1.807) is 18.2 Å². The summed E-state index contributed by atoms with van der Waals surface area (Å²) in [4.78, 5) is 11.0. The molecule has 1 saturated heterocycles. The minimum atomic E-state index is -0.913. The summed E-state index contributed by atoms with van der Waals surface area (Å²) in [5, 5.41) is 8.99. The number of ether oxygens (including phenoxy) is 1. The van der Waals surface area contributed by atoms with Crippen LogP contribution in [0.3, 0.4) is 0 Å². The minimum absolute atomic E-state index is 0.236. The molecule has 2 rings (SSSR count). The Labute approximate surface area is 88.0 Å². The van der Waals surface area contributed by atoms with Gasteiger partial charge in [0, 0.05) is 6.42 Å². The van der Waals surface area contributed by atoms with E-state index in [0.717, 1.165) is 12.2 Å². The second kappa shape index (κ2) is 3.87. The summed E-state index contributed by atoms with van der Waals surface area (Å²) in [7, 11) is 0. The smallest absolute Gasteiger partial charge is 0.336 e. The molecule has 3 nitrogen and oxygen atoms in total. The van der Waals surface area contributed by atoms with Crippen LogP contribution >= 0.6 is 0 Å². The number of carboxylic acid groups (broad SMARTS) is 1. The fourth-order valence-electron chi connectivity index (χ4n) is 1.55. The van der Waals surface area contributed by atoms with Crippen molar-refractivity contribution >= 4 is 11.5 Å². The van der Waals surface area contributed by atoms with Gasteiger partial charge in [0.1, 0.15) is 0 Å². The van der Waals surface area contributed by atoms with Gasteiger partial charge in [-0.15, -0.1) is 0 Å². The molecule has 15 heavy (non-hydrogen) atoms. The normalized spacial score (nSPS) is 18.5. The van der Waals surface area contributed by atoms with E-state index in [0.29, 0.717) is 17.5 Å². The number of hydrogen-bond acceptors (Lipinski definition) is 2. The van der Waals surface area contributed by atoms with E-state index >= 15 is 0 Å². The first-order chi connectivity index (χ1) is 7.18. The summed E-state index contributed by atoms with van der Waals surface area (Å²) in [5.41, 5.74) is 1.85. The average molecular weight is 204 g/mol. The van der Waals surface area contributed by atoms with Crippen LogP contribution in [0, 0.1) is 0 Å². The summed E-state index contributed by atoms with van der Waals surface area (Å²) in [6, 6.07) is 6.92. The first-order valence-electron chi connectivity index (χ1n) is 4.80. The predicted molar refractivity (Wildman–Crippen MR) is 56.8 cm³/mol. The molecule has 1 unspecified atom stereocenters. The molecule has 1 N–H and O–H groups in total. The van der Waals surface area contributed by atoms with Gasteiger partial charge < -0.3 is 9.84 Å². The van der Waals surface area contributed by atoms with Gasteiger partial charge in [-0.2, -0.15) is 0 Å². The predicted octanol–water partition coefficient (Wildman–Crippen LogP) is 2.19. The fourth-order valence-corrected chi connectivity index (χ4v) is 1.55. The number of aromatic carboxylic acids is 1. The highest BCUT2D eigenvalue weighted by Crippen LogP contribution is 2.27. The van der Waals surface area contributed by atoms with Crippen LogP contribution in [0.25, 0.3) is 5.57 Å². The average Bonchev–Trinajstić information content (AvgIpc) is 3.01. The van der Waals surface area contributed by atoms with Gasteiger partial charge in [0.05, 0.1) is 18.3 Å². The lowest BCUT2D eigenvalue weighted by Crippen LogP contribution is -2.02. The third kappa shape index (κ3) is 2.25. The van der Waals surface area contributed by atoms with Gasteiger partial charge in [-0.1, -0.05) is 24.8 Å². The van der Waals surface area contributed by atoms with Gasteiger partial charge in [-0.05, 0) is 17.2 Å². The summed E-state index contributed by atoms with van der Waals surface area (Å²) in [6.45, 7) is 4.66. The van der Waals surface area contributed by atoms with Crippen molar-refractivity contribution in [2.45, 2.75) is 12.5 Å². The maximum atomic E-state index is 11.0. The van der Waals surface area contributed by atoms with Crippen molar-refractivity contribution in [1.82, 2.24) is 0 Å². The molecule has 0 amide bonds. The summed E-state index contributed by atoms with van der Waals surface area (Å²) < 4.78 is 5.09. The molecule has 1 fully saturated rings. The molecular weight excluding hydrogens is 192 g/mol. The molecule has 1 aliphatic rings. The SMILES string of the molecule is C=C(CC1CO1)c1ccccc1C(=O)O. The summed E-state index contributed by atoms with van der Waals surface area (Å²) in [6.07, 6.45) is 0.948. The van der Waals surface area contributed by atoms with Gasteiger partial charge in [0.15, 0.2) is 0 Å². The van der Waals surface area contributed by atoms with Crippen LogP contribution in [0.15, 0.2) is 30.8 Å². The minimum Gasteiger partial charge on any atom is -0.478 e. The van der Waals surface area contributed by atoms with E-state index in [1.807, 2.05) is 6.07 Å². The lowest BCUT2D eigenvalue weighted by atomic mass is 9.98. The maximum absolute atomic E-state index is 11.0. The molecule has 1 heterocycles. The van der Waals surface area contributed by atoms with Crippen LogP contribution in [0.5, 0.6) is 0 Å². The Hall–Kier alpha value is -1.61. The quantitative estimate of drug-likeness (QED) is 0.765. The first-order valence-corrected chi connectivity index (χ1v) is 4.80. The second-order valence-corrected chi connectivity index (χ2v) is 3.61. The monoisotopic (exact) mass is 204 g/mol. The van der Waals surface area contributed by atoms with Gasteiger partial charge in [-0.25, -0.2) is 4.79 Å². The number of rotatable bonds is 4. The van der Waals surface area contributed by atoms with Crippen molar-refractivity contribution in [3.05, 3.63) is 42.0 Å². The largest absolute Gasteiger partial charge is 0.478 e. The van der Waals surface area contributed by atoms with Crippen LogP contribution < -0.4 is 0 Å². The number of epoxide rings is 1. The van der Waals surface area contributed by atoms with Gasteiger partial charge in [-0.3, -0.25) is 0 Å². The number of carbonyl (C=O) groups is 1. The fraction of sp³-hybridized carbons (Fsp3) is 0.250. The van der Waals surface area contributed by atoms with Gasteiger partial charge >= 0.3 is 5.97 Å². The Kier molecular flexibility index (Phi) is 2.56. The molecule has 3 heteroatoms. The highest BCUT2D eigenvalue weighted by atomic mass is 16.6. The third-order valence-corrected chi connectivity index (χ3v) is 2.41. The van der Waals surface area contributed by atoms with Gasteiger partial charge in [0.25, 0.3) is 0 Å². The Morgan fingerprint density at radius 3 is 2.60 bits per heavy atom. The molecule has 1 aromatic rings. The van der Waals surface area contributed by atoms with Crippen molar-refractivity contribution in [1.29, 1.82) is 0 Å². The molecule has 1 aliphatic heterocycles. The van der Waals surface area contributed by atoms with Crippen molar-refractivity contribution in [3.63, 3.8) is 0 Å². The number of hydrogen-bond donors (Lipinski definition) is 1. The molecular formula is C12H12O3. The molecule has 0 aliphatic carbocycles. The molecule has 0 spiro atoms. The molecule has 78 valence electrons. The van der Waals surface area contributed by atoms with E-state index < -0.39 is 5.97 Å². The van der Waals surface area contributed by atoms with Crippen LogP contribution in [0.4, 0.5) is 0 Å². The van der Waals surface area contributed by atoms with Crippen molar-refractivity contribution in [2.75, 3.05) is 6.61 Å². The Morgan fingerprint density at radius 2 is 2.07 bits per heavy atom. The van der Waals surface area contributed by atoms with E-state index in [4.69, 9.17) is 9.84 Å². The number of benzene rings is 1. The molecule has 0 bridgehead atoms. The first kappa shape index (κ1) is 9.93. The molecule has 0 saturated carbocycles. The zero-order chi connectivity index (χ0) is 10.8. The van der Waals surface area contributed by atoms with Crippen molar-refractivity contribution in [3.8, 4) is 0 Å². The zero-order valence-corrected chi connectivity index (χ0v) is 8.27. The lowest BCUT2D eigenvalue weighted by Gasteiger charge is -2.07. The lowest BCUT2D eigenvalue weighted by molar-refractivity contribution is 0.0696. The maximum Gasteiger partial charge on any atom is 0.336 e. The highest BCUT2D eigenvalue weighted by Gasteiger charge is 2.24. The molecule has 1 aromatic carbocycles. The van der Waals surface area contributed by atoms with Crippen LogP contribution in [0.2, 0.25) is 0 Å². The van der Waals surface area contributed by atoms with E-state index in [-0.39, 0.29) is 6.10 Å². The van der Waals surface area contributed by atoms with Crippen molar-refractivity contribution in [2.24, 2.45) is 0 Å². The Bertz CT molecular complexity index is 405. The zero-order valence-electron chi connectivity index (χ0n) is 8.27. The Balaban J connectivity index is 2.24. The van der Waals surface area contributed by atoms with Crippen molar-refractivity contribution < 1.29 is 14.6 Å². The topological polar surface area (TPSA) is 49.8 Å². The highest BCUT2D eigenvalue weighted by molar-refractivity contribution is 5.93. The van der Waals surface area contributed by atoms with Gasteiger partial charge in [0.2, 0.25) is 0 Å². The second-order valence-electron chi connectivity index (χ2n) is 3.61. The van der Waals surface area contributed by atoms with E-state index in [2.05, 4.69) is 6.58 Å². The van der Waals surface area contributed by atoms with Crippen LogP contribution in [-0.4, -0.2) is 23.8 Å². The van der Waals surface area contributed by atoms with E-state index in [1.165, 1.54) is 0 Å². The Morgan fingerprint density at radius 1 is 1.47 bits per heavy atom. The number of carboxylic acids is 1. The van der Waals surface area contributed by atoms with Crippen LogP contribution in [-0.2, 0) is 4.74 Å². The molecule has 0 aromatic heterocycles. The van der Waals surface area contributed by atoms with Crippen LogP contribution in [0.1, 0.15) is 22.3 Å². The summed E-state index contributed by atoms with van der Waals surface area (Å²) >= 11 is 0.